The smallest absolute Gasteiger partial charge is 0.343 e. The number of carbonyl (C=O) groups is 2. The number of ether oxygens (including phenoxy) is 1. The molecule has 3 aromatic rings. The Balaban J connectivity index is 1.74. The van der Waals surface area contributed by atoms with E-state index in [-0.39, 0.29) is 22.6 Å². The number of rotatable bonds is 6. The topological polar surface area (TPSA) is 98.5 Å². The fourth-order valence-corrected chi connectivity index (χ4v) is 2.52. The maximum absolute atomic E-state index is 12.5. The third-order valence-electron chi connectivity index (χ3n) is 3.92. The predicted octanol–water partition coefficient (Wildman–Crippen LogP) is 3.74. The second-order valence-electron chi connectivity index (χ2n) is 5.86. The monoisotopic (exact) mass is 376 g/mol. The van der Waals surface area contributed by atoms with Crippen molar-refractivity contribution in [2.24, 2.45) is 0 Å². The number of esters is 1. The molecule has 0 saturated heterocycles. The van der Waals surface area contributed by atoms with E-state index in [2.05, 4.69) is 5.32 Å². The summed E-state index contributed by atoms with van der Waals surface area (Å²) < 4.78 is 5.32. The van der Waals surface area contributed by atoms with Gasteiger partial charge in [0.05, 0.1) is 16.1 Å². The molecule has 0 unspecified atom stereocenters. The SMILES string of the molecule is O=C(Oc1ccccc1C(=O)NCc1ccccc1)c1cccc([N+](=O)[O-])c1. The standard InChI is InChI=1S/C21H16N2O5/c24-20(22-14-15-7-2-1-3-8-15)18-11-4-5-12-19(18)28-21(25)16-9-6-10-17(13-16)23(26)27/h1-13H,14H2,(H,22,24). The number of benzene rings is 3. The first-order valence-electron chi connectivity index (χ1n) is 8.42. The zero-order valence-corrected chi connectivity index (χ0v) is 14.7. The van der Waals surface area contributed by atoms with Crippen LogP contribution in [0.2, 0.25) is 0 Å². The van der Waals surface area contributed by atoms with Gasteiger partial charge in [0, 0.05) is 18.7 Å². The highest BCUT2D eigenvalue weighted by atomic mass is 16.6. The van der Waals surface area contributed by atoms with Gasteiger partial charge in [0.25, 0.3) is 11.6 Å². The van der Waals surface area contributed by atoms with Gasteiger partial charge in [0.1, 0.15) is 5.75 Å². The van der Waals surface area contributed by atoms with Crippen molar-refractivity contribution in [3.05, 3.63) is 106 Å². The molecule has 1 amide bonds. The molecule has 140 valence electrons. The molecule has 0 aliphatic heterocycles. The van der Waals surface area contributed by atoms with Crippen molar-refractivity contribution >= 4 is 17.6 Å². The average Bonchev–Trinajstić information content (AvgIpc) is 2.73. The normalized spacial score (nSPS) is 10.1. The number of nitrogens with zero attached hydrogens (tertiary/aromatic N) is 1. The molecule has 0 aliphatic rings. The van der Waals surface area contributed by atoms with E-state index in [0.29, 0.717) is 6.54 Å². The van der Waals surface area contributed by atoms with Crippen LogP contribution in [0.5, 0.6) is 5.75 Å². The number of para-hydroxylation sites is 1. The highest BCUT2D eigenvalue weighted by molar-refractivity contribution is 5.99. The molecule has 0 spiro atoms. The van der Waals surface area contributed by atoms with Crippen molar-refractivity contribution in [3.63, 3.8) is 0 Å². The molecule has 7 heteroatoms. The molecule has 0 aromatic heterocycles. The van der Waals surface area contributed by atoms with Crippen molar-refractivity contribution in [2.45, 2.75) is 6.54 Å². The van der Waals surface area contributed by atoms with Crippen molar-refractivity contribution in [2.75, 3.05) is 0 Å². The molecule has 0 bridgehead atoms. The van der Waals surface area contributed by atoms with E-state index in [1.807, 2.05) is 30.3 Å². The molecule has 0 radical (unpaired) electrons. The second-order valence-corrected chi connectivity index (χ2v) is 5.86. The third kappa shape index (κ3) is 4.59. The van der Waals surface area contributed by atoms with Crippen molar-refractivity contribution in [1.29, 1.82) is 0 Å². The van der Waals surface area contributed by atoms with Crippen LogP contribution in [0, 0.1) is 10.1 Å². The number of nitrogens with one attached hydrogen (secondary N) is 1. The van der Waals surface area contributed by atoms with Gasteiger partial charge in [-0.05, 0) is 23.8 Å². The number of carbonyl (C=O) groups excluding carboxylic acids is 2. The molecule has 28 heavy (non-hydrogen) atoms. The molecule has 7 nitrogen and oxygen atoms in total. The zero-order valence-electron chi connectivity index (χ0n) is 14.7. The molecule has 0 fully saturated rings. The Morgan fingerprint density at radius 2 is 1.64 bits per heavy atom. The van der Waals surface area contributed by atoms with Crippen LogP contribution < -0.4 is 10.1 Å². The first kappa shape index (κ1) is 18.8. The van der Waals surface area contributed by atoms with Gasteiger partial charge in [-0.2, -0.15) is 0 Å². The van der Waals surface area contributed by atoms with Gasteiger partial charge in [0.2, 0.25) is 0 Å². The molecule has 3 aromatic carbocycles. The summed E-state index contributed by atoms with van der Waals surface area (Å²) in [6, 6.07) is 20.9. The number of hydrogen-bond acceptors (Lipinski definition) is 5. The van der Waals surface area contributed by atoms with E-state index < -0.39 is 16.8 Å². The fourth-order valence-electron chi connectivity index (χ4n) is 2.52. The van der Waals surface area contributed by atoms with Crippen LogP contribution in [0.25, 0.3) is 0 Å². The average molecular weight is 376 g/mol. The molecule has 3 rings (SSSR count). The molecule has 0 aliphatic carbocycles. The van der Waals surface area contributed by atoms with Crippen LogP contribution in [-0.2, 0) is 6.54 Å². The van der Waals surface area contributed by atoms with Gasteiger partial charge in [-0.3, -0.25) is 14.9 Å². The van der Waals surface area contributed by atoms with Crippen LogP contribution in [0.3, 0.4) is 0 Å². The van der Waals surface area contributed by atoms with Gasteiger partial charge < -0.3 is 10.1 Å². The van der Waals surface area contributed by atoms with E-state index in [4.69, 9.17) is 4.74 Å². The molecule has 0 saturated carbocycles. The number of non-ortho nitro benzene ring substituents is 1. The van der Waals surface area contributed by atoms with E-state index in [1.165, 1.54) is 30.3 Å². The molecule has 1 N–H and O–H groups in total. The Morgan fingerprint density at radius 1 is 0.929 bits per heavy atom. The Kier molecular flexibility index (Phi) is 5.76. The van der Waals surface area contributed by atoms with E-state index in [1.54, 1.807) is 12.1 Å². The molecular weight excluding hydrogens is 360 g/mol. The van der Waals surface area contributed by atoms with Crippen LogP contribution >= 0.6 is 0 Å². The highest BCUT2D eigenvalue weighted by Gasteiger charge is 2.17. The maximum atomic E-state index is 12.5. The van der Waals surface area contributed by atoms with Gasteiger partial charge in [-0.15, -0.1) is 0 Å². The first-order valence-corrected chi connectivity index (χ1v) is 8.42. The van der Waals surface area contributed by atoms with Crippen LogP contribution in [-0.4, -0.2) is 16.8 Å². The van der Waals surface area contributed by atoms with Crippen molar-refractivity contribution in [3.8, 4) is 5.75 Å². The van der Waals surface area contributed by atoms with Crippen LogP contribution in [0.1, 0.15) is 26.3 Å². The largest absolute Gasteiger partial charge is 0.422 e. The van der Waals surface area contributed by atoms with Gasteiger partial charge in [0.15, 0.2) is 0 Å². The quantitative estimate of drug-likeness (QED) is 0.306. The van der Waals surface area contributed by atoms with Crippen LogP contribution in [0.4, 0.5) is 5.69 Å². The maximum Gasteiger partial charge on any atom is 0.343 e. The summed E-state index contributed by atoms with van der Waals surface area (Å²) >= 11 is 0. The molecular formula is C21H16N2O5. The lowest BCUT2D eigenvalue weighted by Gasteiger charge is -2.10. The summed E-state index contributed by atoms with van der Waals surface area (Å²) in [7, 11) is 0. The number of hydrogen-bond donors (Lipinski definition) is 1. The van der Waals surface area contributed by atoms with E-state index in [9.17, 15) is 19.7 Å². The molecule has 0 atom stereocenters. The Morgan fingerprint density at radius 3 is 2.39 bits per heavy atom. The summed E-state index contributed by atoms with van der Waals surface area (Å²) in [4.78, 5) is 35.1. The van der Waals surface area contributed by atoms with Crippen molar-refractivity contribution in [1.82, 2.24) is 5.32 Å². The number of amides is 1. The Labute approximate surface area is 160 Å². The van der Waals surface area contributed by atoms with E-state index >= 15 is 0 Å². The Hall–Kier alpha value is -4.00. The summed E-state index contributed by atoms with van der Waals surface area (Å²) in [5.74, 6) is -1.11. The molecule has 0 heterocycles. The highest BCUT2D eigenvalue weighted by Crippen LogP contribution is 2.21. The minimum Gasteiger partial charge on any atom is -0.422 e. The minimum absolute atomic E-state index is 0.0219. The summed E-state index contributed by atoms with van der Waals surface area (Å²) in [6.45, 7) is 0.326. The van der Waals surface area contributed by atoms with Gasteiger partial charge in [-0.1, -0.05) is 48.5 Å². The van der Waals surface area contributed by atoms with E-state index in [0.717, 1.165) is 11.6 Å². The minimum atomic E-state index is -0.785. The van der Waals surface area contributed by atoms with Gasteiger partial charge >= 0.3 is 5.97 Å². The second kappa shape index (κ2) is 8.59. The third-order valence-corrected chi connectivity index (χ3v) is 3.92. The van der Waals surface area contributed by atoms with Crippen molar-refractivity contribution < 1.29 is 19.2 Å². The lowest BCUT2D eigenvalue weighted by Crippen LogP contribution is -2.24. The predicted molar refractivity (Wildman–Crippen MR) is 102 cm³/mol. The number of nitro benzene ring substituents is 1. The fraction of sp³-hybridized carbons (Fsp3) is 0.0476. The van der Waals surface area contributed by atoms with Crippen LogP contribution in [0.15, 0.2) is 78.9 Å². The zero-order chi connectivity index (χ0) is 19.9. The Bertz CT molecular complexity index is 1020. The summed E-state index contributed by atoms with van der Waals surface area (Å²) in [5.41, 5.74) is 0.927. The summed E-state index contributed by atoms with van der Waals surface area (Å²) in [6.07, 6.45) is 0. The number of nitro groups is 1. The van der Waals surface area contributed by atoms with Gasteiger partial charge in [-0.25, -0.2) is 4.79 Å². The first-order chi connectivity index (χ1) is 13.5. The lowest BCUT2D eigenvalue weighted by atomic mass is 10.1. The summed E-state index contributed by atoms with van der Waals surface area (Å²) in [5, 5.41) is 13.6. The lowest BCUT2D eigenvalue weighted by molar-refractivity contribution is -0.384.